The minimum Gasteiger partial charge on any atom is -0.456 e. The number of hydrogen-bond donors (Lipinski definition) is 0. The highest BCUT2D eigenvalue weighted by Gasteiger charge is 2.25. The molecule has 5 heteroatoms. The Bertz CT molecular complexity index is 3910. The largest absolute Gasteiger partial charge is 0.456 e. The first-order valence-electron chi connectivity index (χ1n) is 22.4. The molecule has 0 fully saturated rings. The van der Waals surface area contributed by atoms with Gasteiger partial charge in [0.1, 0.15) is 11.2 Å². The maximum atomic E-state index is 9.52. The van der Waals surface area contributed by atoms with Crippen molar-refractivity contribution in [2.24, 2.45) is 0 Å². The van der Waals surface area contributed by atoms with E-state index in [2.05, 4.69) is 158 Å². The van der Waals surface area contributed by atoms with Crippen LogP contribution in [0.2, 0.25) is 0 Å². The lowest BCUT2D eigenvalue weighted by Crippen LogP contribution is -2.00. The van der Waals surface area contributed by atoms with Gasteiger partial charge in [-0.05, 0) is 108 Å². The van der Waals surface area contributed by atoms with Crippen LogP contribution in [0, 0.1) is 11.3 Å². The number of hydrogen-bond acceptors (Lipinski definition) is 5. The standard InChI is InChI=1S/C62H36N4O/c63-37-38-14-16-42(17-15-38)48-31-33-53-50-10-4-5-11-51(50)54-34-32-49(58(48)59(53)54)43-24-18-39(19-25-43)40-20-26-45(27-21-40)61-64-60(44-8-2-1-3-9-44)65-62(66-61)46-28-22-41(23-29-46)47-30-35-57-55(36-47)52-12-6-7-13-56(52)67-57/h1-36H. The molecule has 0 unspecified atom stereocenters. The topological polar surface area (TPSA) is 75.6 Å². The highest BCUT2D eigenvalue weighted by Crippen LogP contribution is 2.52. The third kappa shape index (κ3) is 6.50. The summed E-state index contributed by atoms with van der Waals surface area (Å²) < 4.78 is 6.08. The van der Waals surface area contributed by atoms with E-state index in [0.29, 0.717) is 23.0 Å². The zero-order valence-electron chi connectivity index (χ0n) is 36.0. The van der Waals surface area contributed by atoms with Crippen molar-refractivity contribution in [1.29, 1.82) is 5.26 Å². The molecule has 0 bridgehead atoms. The molecule has 2 heterocycles. The van der Waals surface area contributed by atoms with Gasteiger partial charge in [-0.2, -0.15) is 5.26 Å². The van der Waals surface area contributed by atoms with Crippen LogP contribution in [0.1, 0.15) is 5.56 Å². The maximum Gasteiger partial charge on any atom is 0.164 e. The summed E-state index contributed by atoms with van der Waals surface area (Å²) >= 11 is 0. The maximum absolute atomic E-state index is 9.52. The summed E-state index contributed by atoms with van der Waals surface area (Å²) in [6.07, 6.45) is 0. The van der Waals surface area contributed by atoms with Gasteiger partial charge in [0.25, 0.3) is 0 Å². The van der Waals surface area contributed by atoms with Crippen LogP contribution in [-0.4, -0.2) is 15.0 Å². The van der Waals surface area contributed by atoms with Crippen molar-refractivity contribution in [3.63, 3.8) is 0 Å². The van der Waals surface area contributed by atoms with Crippen LogP contribution in [0.4, 0.5) is 0 Å². The van der Waals surface area contributed by atoms with Gasteiger partial charge >= 0.3 is 0 Å². The van der Waals surface area contributed by atoms with E-state index >= 15 is 0 Å². The second-order valence-corrected chi connectivity index (χ2v) is 17.0. The fourth-order valence-electron chi connectivity index (χ4n) is 9.82. The van der Waals surface area contributed by atoms with Crippen LogP contribution < -0.4 is 0 Å². The van der Waals surface area contributed by atoms with Crippen molar-refractivity contribution >= 4 is 32.7 Å². The van der Waals surface area contributed by atoms with E-state index < -0.39 is 0 Å². The van der Waals surface area contributed by atoms with Gasteiger partial charge in [-0.15, -0.1) is 0 Å². The smallest absolute Gasteiger partial charge is 0.164 e. The van der Waals surface area contributed by atoms with Crippen LogP contribution in [0.15, 0.2) is 223 Å². The van der Waals surface area contributed by atoms with Crippen LogP contribution >= 0.6 is 0 Å². The molecule has 0 spiro atoms. The lowest BCUT2D eigenvalue weighted by Gasteiger charge is -2.15. The van der Waals surface area contributed by atoms with Crippen molar-refractivity contribution in [1.82, 2.24) is 15.0 Å². The molecule has 2 aromatic heterocycles. The van der Waals surface area contributed by atoms with Crippen LogP contribution in [-0.2, 0) is 0 Å². The van der Waals surface area contributed by atoms with Gasteiger partial charge in [-0.25, -0.2) is 15.0 Å². The number of para-hydroxylation sites is 1. The fraction of sp³-hybridized carbons (Fsp3) is 0. The third-order valence-electron chi connectivity index (χ3n) is 13.2. The molecule has 1 aliphatic carbocycles. The van der Waals surface area contributed by atoms with E-state index in [4.69, 9.17) is 19.4 Å². The lowest BCUT2D eigenvalue weighted by atomic mass is 9.88. The minimum atomic E-state index is 0.611. The number of fused-ring (bicyclic) bond motifs is 6. The van der Waals surface area contributed by atoms with Gasteiger partial charge in [0, 0.05) is 27.5 Å². The summed E-state index contributed by atoms with van der Waals surface area (Å²) in [6, 6.07) is 78.3. The predicted molar refractivity (Wildman–Crippen MR) is 272 cm³/mol. The molecule has 0 amide bonds. The van der Waals surface area contributed by atoms with E-state index in [1.165, 1.54) is 38.6 Å². The molecule has 0 saturated heterocycles. The van der Waals surface area contributed by atoms with Crippen molar-refractivity contribution in [3.8, 4) is 107 Å². The summed E-state index contributed by atoms with van der Waals surface area (Å²) in [7, 11) is 0. The average Bonchev–Trinajstić information content (AvgIpc) is 3.95. The Morgan fingerprint density at radius 3 is 1.27 bits per heavy atom. The van der Waals surface area contributed by atoms with Gasteiger partial charge in [-0.1, -0.05) is 188 Å². The average molecular weight is 853 g/mol. The Kier molecular flexibility index (Phi) is 8.84. The SMILES string of the molecule is N#Cc1ccc(-c2ccc3c4c(ccc(-c5ccc(-c6ccc(-c7nc(-c8ccccc8)nc(-c8ccc(-c9ccc%10oc%11ccccc%11c%10c9)cc8)n7)cc6)cc5)c24)-c2ccccc2-3)cc1. The van der Waals surface area contributed by atoms with E-state index in [0.717, 1.165) is 77.6 Å². The van der Waals surface area contributed by atoms with Gasteiger partial charge < -0.3 is 4.42 Å². The van der Waals surface area contributed by atoms with E-state index in [1.54, 1.807) is 0 Å². The molecule has 67 heavy (non-hydrogen) atoms. The van der Waals surface area contributed by atoms with E-state index in [9.17, 15) is 5.26 Å². The van der Waals surface area contributed by atoms with E-state index in [1.807, 2.05) is 66.7 Å². The molecule has 0 radical (unpaired) electrons. The third-order valence-corrected chi connectivity index (χ3v) is 13.2. The number of rotatable bonds is 7. The van der Waals surface area contributed by atoms with Gasteiger partial charge in [0.15, 0.2) is 17.5 Å². The molecule has 12 aromatic rings. The quantitative estimate of drug-likeness (QED) is 0.160. The van der Waals surface area contributed by atoms with Gasteiger partial charge in [-0.3, -0.25) is 0 Å². The summed E-state index contributed by atoms with van der Waals surface area (Å²) in [5, 5.41) is 14.2. The fourth-order valence-corrected chi connectivity index (χ4v) is 9.82. The molecule has 310 valence electrons. The number of furan rings is 1. The molecule has 0 saturated carbocycles. The van der Waals surface area contributed by atoms with Crippen molar-refractivity contribution < 1.29 is 4.42 Å². The molecule has 0 atom stereocenters. The zero-order chi connectivity index (χ0) is 44.4. The van der Waals surface area contributed by atoms with E-state index in [-0.39, 0.29) is 0 Å². The Morgan fingerprint density at radius 2 is 0.701 bits per heavy atom. The molecule has 0 aliphatic heterocycles. The number of nitriles is 1. The Labute approximate surface area is 386 Å². The first-order chi connectivity index (χ1) is 33.1. The first kappa shape index (κ1) is 38.2. The highest BCUT2D eigenvalue weighted by atomic mass is 16.3. The lowest BCUT2D eigenvalue weighted by molar-refractivity contribution is 0.669. The summed E-state index contributed by atoms with van der Waals surface area (Å²) in [5.74, 6) is 1.84. The second kappa shape index (κ2) is 15.5. The molecule has 10 aromatic carbocycles. The number of benzene rings is 10. The van der Waals surface area contributed by atoms with Crippen molar-refractivity contribution in [2.75, 3.05) is 0 Å². The molecule has 0 N–H and O–H groups in total. The van der Waals surface area contributed by atoms with Crippen LogP contribution in [0.5, 0.6) is 0 Å². The molecule has 5 nitrogen and oxygen atoms in total. The number of nitrogens with zero attached hydrogens (tertiary/aromatic N) is 4. The minimum absolute atomic E-state index is 0.611. The summed E-state index contributed by atoms with van der Waals surface area (Å²) in [4.78, 5) is 15.1. The van der Waals surface area contributed by atoms with Crippen LogP contribution in [0.3, 0.4) is 0 Å². The monoisotopic (exact) mass is 852 g/mol. The van der Waals surface area contributed by atoms with Gasteiger partial charge in [0.05, 0.1) is 11.6 Å². The zero-order valence-corrected chi connectivity index (χ0v) is 36.0. The summed E-state index contributed by atoms with van der Waals surface area (Å²) in [6.45, 7) is 0. The Balaban J connectivity index is 0.831. The molecular formula is C62H36N4O. The second-order valence-electron chi connectivity index (χ2n) is 17.0. The Morgan fingerprint density at radius 1 is 0.299 bits per heavy atom. The van der Waals surface area contributed by atoms with Crippen molar-refractivity contribution in [3.05, 3.63) is 224 Å². The predicted octanol–water partition coefficient (Wildman–Crippen LogP) is 16.1. The molecular weight excluding hydrogens is 817 g/mol. The molecule has 1 aliphatic rings. The number of aromatic nitrogens is 3. The van der Waals surface area contributed by atoms with Gasteiger partial charge in [0.2, 0.25) is 0 Å². The highest BCUT2D eigenvalue weighted by molar-refractivity contribution is 6.22. The van der Waals surface area contributed by atoms with Crippen LogP contribution in [0.25, 0.3) is 134 Å². The molecule has 13 rings (SSSR count). The summed E-state index contributed by atoms with van der Waals surface area (Å²) in [5.41, 5.74) is 19.2. The van der Waals surface area contributed by atoms with Crippen molar-refractivity contribution in [2.45, 2.75) is 0 Å². The normalized spacial score (nSPS) is 11.6. The Hall–Kier alpha value is -9.24. The first-order valence-corrected chi connectivity index (χ1v) is 22.4.